The first-order valence-corrected chi connectivity index (χ1v) is 4.95. The summed E-state index contributed by atoms with van der Waals surface area (Å²) in [6.07, 6.45) is 9.76. The predicted octanol–water partition coefficient (Wildman–Crippen LogP) is -3.75. The molecule has 0 aromatic heterocycles. The molecule has 0 aromatic carbocycles. The first-order valence-electron chi connectivity index (χ1n) is 4.95. The summed E-state index contributed by atoms with van der Waals surface area (Å²) in [5.41, 5.74) is 0. The second kappa shape index (κ2) is 10.2. The number of unbranched alkanes of at least 4 members (excludes halogenated alkanes) is 3. The van der Waals surface area contributed by atoms with Crippen molar-refractivity contribution in [3.05, 3.63) is 12.4 Å². The predicted molar refractivity (Wildman–Crippen MR) is 52.6 cm³/mol. The number of hydrogen-bond donors (Lipinski definition) is 0. The molecule has 0 aromatic rings. The Labute approximate surface area is 116 Å². The van der Waals surface area contributed by atoms with E-state index in [1.807, 2.05) is 0 Å². The van der Waals surface area contributed by atoms with Crippen molar-refractivity contribution in [3.63, 3.8) is 0 Å². The van der Waals surface area contributed by atoms with Gasteiger partial charge < -0.3 is 22.2 Å². The largest absolute Gasteiger partial charge is 1.00 e. The van der Waals surface area contributed by atoms with E-state index in [9.17, 15) is 0 Å². The molecule has 2 nitrogen and oxygen atoms in total. The van der Waals surface area contributed by atoms with Crippen molar-refractivity contribution in [2.45, 2.75) is 32.6 Å². The molecule has 1 heterocycles. The normalized spacial score (nSPS) is 13.9. The minimum Gasteiger partial charge on any atom is -1.00 e. The van der Waals surface area contributed by atoms with E-state index < -0.39 is 0 Å². The van der Waals surface area contributed by atoms with Crippen molar-refractivity contribution >= 4 is 0 Å². The summed E-state index contributed by atoms with van der Waals surface area (Å²) >= 11 is 0. The Morgan fingerprint density at radius 1 is 1.14 bits per heavy atom. The molecule has 1 aliphatic heterocycles. The molecule has 78 valence electrons. The molecular weight excluding hydrogens is 207 g/mol. The van der Waals surface area contributed by atoms with E-state index in [0.29, 0.717) is 0 Å². The molecule has 0 N–H and O–H groups in total. The van der Waals surface area contributed by atoms with Crippen LogP contribution in [0.15, 0.2) is 12.4 Å². The van der Waals surface area contributed by atoms with Gasteiger partial charge in [0.25, 0.3) is 0 Å². The van der Waals surface area contributed by atoms with Crippen molar-refractivity contribution in [2.24, 2.45) is 0 Å². The molecule has 0 bridgehead atoms. The molecule has 0 fully saturated rings. The number of hydrogen-bond acceptors (Lipinski definition) is 2. The van der Waals surface area contributed by atoms with Crippen LogP contribution in [-0.2, 0) is 0 Å². The summed E-state index contributed by atoms with van der Waals surface area (Å²) in [7, 11) is 2.11. The molecule has 0 radical (unpaired) electrons. The van der Waals surface area contributed by atoms with Gasteiger partial charge in [-0.05, 0) is 6.42 Å². The van der Waals surface area contributed by atoms with Gasteiger partial charge in [-0.1, -0.05) is 26.2 Å². The maximum absolute atomic E-state index is 2.37. The maximum atomic E-state index is 2.37. The zero-order chi connectivity index (χ0) is 8.81. The van der Waals surface area contributed by atoms with Crippen LogP contribution in [0.5, 0.6) is 0 Å². The maximum Gasteiger partial charge on any atom is 1.00 e. The van der Waals surface area contributed by atoms with Gasteiger partial charge >= 0.3 is 29.6 Å². The summed E-state index contributed by atoms with van der Waals surface area (Å²) in [5.74, 6) is 0. The van der Waals surface area contributed by atoms with Crippen LogP contribution >= 0.6 is 0 Å². The Hall–Kier alpha value is 0.630. The van der Waals surface area contributed by atoms with E-state index in [1.54, 1.807) is 0 Å². The second-order valence-corrected chi connectivity index (χ2v) is 3.57. The zero-order valence-corrected chi connectivity index (χ0v) is 12.4. The Kier molecular flexibility index (Phi) is 12.4. The standard InChI is InChI=1S/C10H20N2.ClH.Na/c1-3-4-5-6-7-12-9-8-11(2)10-12;;/h8-9H,3-7,10H2,1-2H3;1H;/q;;+1/p-1. The Bertz CT molecular complexity index is 153. The topological polar surface area (TPSA) is 6.48 Å². The van der Waals surface area contributed by atoms with Crippen LogP contribution in [0.4, 0.5) is 0 Å². The summed E-state index contributed by atoms with van der Waals surface area (Å²) < 4.78 is 0. The van der Waals surface area contributed by atoms with Gasteiger partial charge in [0.2, 0.25) is 0 Å². The summed E-state index contributed by atoms with van der Waals surface area (Å²) in [4.78, 5) is 4.58. The van der Waals surface area contributed by atoms with Crippen LogP contribution in [-0.4, -0.2) is 30.1 Å². The van der Waals surface area contributed by atoms with Crippen LogP contribution in [0.1, 0.15) is 32.6 Å². The number of rotatable bonds is 5. The molecule has 0 saturated heterocycles. The fourth-order valence-electron chi connectivity index (χ4n) is 1.48. The van der Waals surface area contributed by atoms with Crippen molar-refractivity contribution in [1.82, 2.24) is 9.80 Å². The van der Waals surface area contributed by atoms with Crippen molar-refractivity contribution in [2.75, 3.05) is 20.3 Å². The van der Waals surface area contributed by atoms with Gasteiger partial charge in [-0.3, -0.25) is 0 Å². The number of nitrogens with zero attached hydrogens (tertiary/aromatic N) is 2. The Morgan fingerprint density at radius 2 is 1.86 bits per heavy atom. The quantitative estimate of drug-likeness (QED) is 0.351. The molecule has 1 aliphatic rings. The van der Waals surface area contributed by atoms with Crippen LogP contribution in [0.25, 0.3) is 0 Å². The zero-order valence-electron chi connectivity index (χ0n) is 9.67. The molecule has 0 unspecified atom stereocenters. The minimum atomic E-state index is 0. The summed E-state index contributed by atoms with van der Waals surface area (Å²) in [5, 5.41) is 0. The first kappa shape index (κ1) is 17.0. The van der Waals surface area contributed by atoms with Gasteiger partial charge in [-0.2, -0.15) is 0 Å². The van der Waals surface area contributed by atoms with E-state index in [1.165, 1.54) is 32.2 Å². The second-order valence-electron chi connectivity index (χ2n) is 3.57. The van der Waals surface area contributed by atoms with Gasteiger partial charge in [0.15, 0.2) is 0 Å². The monoisotopic (exact) mass is 226 g/mol. The van der Waals surface area contributed by atoms with Gasteiger partial charge in [-0.15, -0.1) is 0 Å². The van der Waals surface area contributed by atoms with Gasteiger partial charge in [0, 0.05) is 26.0 Å². The molecule has 14 heavy (non-hydrogen) atoms. The minimum absolute atomic E-state index is 0. The van der Waals surface area contributed by atoms with E-state index >= 15 is 0 Å². The average molecular weight is 227 g/mol. The van der Waals surface area contributed by atoms with Crippen LogP contribution in [0.2, 0.25) is 0 Å². The molecule has 1 rings (SSSR count). The third-order valence-corrected chi connectivity index (χ3v) is 2.24. The third-order valence-electron chi connectivity index (χ3n) is 2.24. The smallest absolute Gasteiger partial charge is 1.00 e. The van der Waals surface area contributed by atoms with E-state index in [0.717, 1.165) is 6.67 Å². The first-order chi connectivity index (χ1) is 5.83. The third kappa shape index (κ3) is 6.99. The molecule has 4 heteroatoms. The molecule has 0 amide bonds. The Morgan fingerprint density at radius 3 is 2.36 bits per heavy atom. The van der Waals surface area contributed by atoms with Gasteiger partial charge in [0.05, 0.1) is 6.67 Å². The fourth-order valence-corrected chi connectivity index (χ4v) is 1.48. The van der Waals surface area contributed by atoms with Crippen molar-refractivity contribution < 1.29 is 42.0 Å². The number of halogens is 1. The Balaban J connectivity index is 0. The van der Waals surface area contributed by atoms with Crippen LogP contribution in [0, 0.1) is 0 Å². The summed E-state index contributed by atoms with van der Waals surface area (Å²) in [6, 6.07) is 0. The van der Waals surface area contributed by atoms with Crippen molar-refractivity contribution in [3.8, 4) is 0 Å². The molecule has 0 aliphatic carbocycles. The molecule has 0 atom stereocenters. The van der Waals surface area contributed by atoms with Crippen LogP contribution < -0.4 is 42.0 Å². The molecule has 0 spiro atoms. The van der Waals surface area contributed by atoms with Crippen molar-refractivity contribution in [1.29, 1.82) is 0 Å². The van der Waals surface area contributed by atoms with Crippen LogP contribution in [0.3, 0.4) is 0 Å². The summed E-state index contributed by atoms with van der Waals surface area (Å²) in [6.45, 7) is 4.55. The van der Waals surface area contributed by atoms with E-state index in [2.05, 4.69) is 36.2 Å². The van der Waals surface area contributed by atoms with E-state index in [4.69, 9.17) is 0 Å². The fraction of sp³-hybridized carbons (Fsp3) is 0.800. The SMILES string of the molecule is CCCCCCN1C=CN(C)C1.[Cl-].[Na+]. The van der Waals surface area contributed by atoms with Gasteiger partial charge in [-0.25, -0.2) is 0 Å². The molecular formula is C10H20ClN2Na. The van der Waals surface area contributed by atoms with E-state index in [-0.39, 0.29) is 42.0 Å². The average Bonchev–Trinajstić information content (AvgIpc) is 2.45. The molecule has 0 saturated carbocycles. The van der Waals surface area contributed by atoms with Gasteiger partial charge in [0.1, 0.15) is 0 Å².